The zero-order valence-electron chi connectivity index (χ0n) is 16.3. The van der Waals surface area contributed by atoms with E-state index < -0.39 is 41.7 Å². The summed E-state index contributed by atoms with van der Waals surface area (Å²) in [6.45, 7) is 5.05. The number of hydrogen-bond acceptors (Lipinski definition) is 8. The summed E-state index contributed by atoms with van der Waals surface area (Å²) in [5.41, 5.74) is 6.64. The number of carbonyl (C=O) groups excluding carboxylic acids is 3. The number of benzene rings is 1. The van der Waals surface area contributed by atoms with Crippen LogP contribution < -0.4 is 16.4 Å². The van der Waals surface area contributed by atoms with Crippen molar-refractivity contribution in [2.45, 2.75) is 51.1 Å². The molecule has 1 fully saturated rings. The number of nitrogens with two attached hydrogens (primary N) is 1. The number of aromatic nitrogens is 1. The van der Waals surface area contributed by atoms with E-state index in [9.17, 15) is 19.5 Å². The number of fused-ring (bicyclic) bond motifs is 1. The minimum Gasteiger partial charge on any atom is -0.435 e. The van der Waals surface area contributed by atoms with Gasteiger partial charge in [-0.15, -0.1) is 0 Å². The van der Waals surface area contributed by atoms with Crippen molar-refractivity contribution in [3.05, 3.63) is 30.2 Å². The average molecular weight is 404 g/mol. The predicted molar refractivity (Wildman–Crippen MR) is 101 cm³/mol. The number of nitrogens with one attached hydrogen (secondary N) is 2. The number of para-hydroxylation sites is 2. The van der Waals surface area contributed by atoms with Gasteiger partial charge in [-0.2, -0.15) is 0 Å². The molecule has 10 heteroatoms. The molecule has 1 saturated heterocycles. The first-order valence-electron chi connectivity index (χ1n) is 9.28. The number of carbonyl (C=O) groups is 3. The Morgan fingerprint density at radius 1 is 1.28 bits per heavy atom. The Hall–Kier alpha value is -2.98. The van der Waals surface area contributed by atoms with Gasteiger partial charge in [-0.05, 0) is 25.0 Å². The third-order valence-corrected chi connectivity index (χ3v) is 4.80. The Bertz CT molecular complexity index is 909. The fourth-order valence-electron chi connectivity index (χ4n) is 2.93. The highest BCUT2D eigenvalue weighted by Gasteiger charge is 2.54. The van der Waals surface area contributed by atoms with E-state index in [1.807, 2.05) is 0 Å². The number of oxazole rings is 1. The summed E-state index contributed by atoms with van der Waals surface area (Å²) >= 11 is 0. The SMILES string of the molecule is CC(C)[C@H](N)C(=O)N[C@@H](C)C(=O)N[C@H]1CC(=O)OC1(O)c1nc2ccccc2o1. The Balaban J connectivity index is 1.75. The van der Waals surface area contributed by atoms with Crippen LogP contribution in [-0.4, -0.2) is 46.0 Å². The Labute approximate surface area is 166 Å². The van der Waals surface area contributed by atoms with Gasteiger partial charge in [-0.3, -0.25) is 14.4 Å². The van der Waals surface area contributed by atoms with Crippen LogP contribution in [0.25, 0.3) is 11.1 Å². The maximum atomic E-state index is 12.5. The number of amides is 2. The van der Waals surface area contributed by atoms with E-state index in [2.05, 4.69) is 15.6 Å². The molecule has 1 aromatic carbocycles. The highest BCUT2D eigenvalue weighted by atomic mass is 16.7. The van der Waals surface area contributed by atoms with E-state index >= 15 is 0 Å². The van der Waals surface area contributed by atoms with Crippen molar-refractivity contribution in [3.8, 4) is 0 Å². The van der Waals surface area contributed by atoms with Gasteiger partial charge in [0.1, 0.15) is 17.6 Å². The highest BCUT2D eigenvalue weighted by molar-refractivity contribution is 5.90. The van der Waals surface area contributed by atoms with E-state index in [-0.39, 0.29) is 18.2 Å². The number of aliphatic hydroxyl groups is 1. The second-order valence-electron chi connectivity index (χ2n) is 7.42. The van der Waals surface area contributed by atoms with E-state index in [4.69, 9.17) is 14.9 Å². The van der Waals surface area contributed by atoms with Crippen molar-refractivity contribution < 1.29 is 28.6 Å². The number of cyclic esters (lactones) is 1. The number of nitrogens with zero attached hydrogens (tertiary/aromatic N) is 1. The molecule has 2 amide bonds. The lowest BCUT2D eigenvalue weighted by Crippen LogP contribution is -2.55. The molecule has 5 N–H and O–H groups in total. The molecule has 4 atom stereocenters. The summed E-state index contributed by atoms with van der Waals surface area (Å²) < 4.78 is 10.6. The second-order valence-corrected chi connectivity index (χ2v) is 7.42. The van der Waals surface area contributed by atoms with Crippen LogP contribution in [0.4, 0.5) is 0 Å². The molecule has 2 aromatic rings. The van der Waals surface area contributed by atoms with Gasteiger partial charge < -0.3 is 30.6 Å². The van der Waals surface area contributed by atoms with Crippen LogP contribution in [-0.2, 0) is 24.9 Å². The molecule has 156 valence electrons. The molecule has 3 rings (SSSR count). The molecule has 0 saturated carbocycles. The molecule has 0 radical (unpaired) electrons. The van der Waals surface area contributed by atoms with Crippen LogP contribution in [0.2, 0.25) is 0 Å². The summed E-state index contributed by atoms with van der Waals surface area (Å²) in [6.07, 6.45) is -0.285. The molecule has 29 heavy (non-hydrogen) atoms. The van der Waals surface area contributed by atoms with Gasteiger partial charge >= 0.3 is 11.8 Å². The monoisotopic (exact) mass is 404 g/mol. The molecule has 1 aromatic heterocycles. The van der Waals surface area contributed by atoms with Gasteiger partial charge in [0, 0.05) is 0 Å². The average Bonchev–Trinajstić information content (AvgIpc) is 3.22. The zero-order valence-corrected chi connectivity index (χ0v) is 16.3. The van der Waals surface area contributed by atoms with Gasteiger partial charge in [-0.25, -0.2) is 4.98 Å². The summed E-state index contributed by atoms with van der Waals surface area (Å²) in [4.78, 5) is 40.6. The minimum absolute atomic E-state index is 0.102. The van der Waals surface area contributed by atoms with Crippen LogP contribution in [0.15, 0.2) is 28.7 Å². The summed E-state index contributed by atoms with van der Waals surface area (Å²) in [7, 11) is 0. The lowest BCUT2D eigenvalue weighted by Gasteiger charge is -2.26. The van der Waals surface area contributed by atoms with Crippen molar-refractivity contribution in [2.24, 2.45) is 11.7 Å². The summed E-state index contributed by atoms with van der Waals surface area (Å²) in [6, 6.07) is 3.93. The van der Waals surface area contributed by atoms with Gasteiger partial charge in [0.05, 0.1) is 12.5 Å². The number of ether oxygens (including phenoxy) is 1. The van der Waals surface area contributed by atoms with Crippen molar-refractivity contribution in [2.75, 3.05) is 0 Å². The second kappa shape index (κ2) is 7.80. The standard InChI is InChI=1S/C19H24N4O6/c1-9(2)15(20)17(26)21-10(3)16(25)23-13-8-14(24)29-19(13,27)18-22-11-6-4-5-7-12(11)28-18/h4-7,9-10,13,15,27H,8,20H2,1-3H3,(H,21,26)(H,23,25)/t10-,13-,15-,19?/m0/s1. The van der Waals surface area contributed by atoms with Crippen molar-refractivity contribution in [1.29, 1.82) is 0 Å². The molecule has 1 aliphatic heterocycles. The first-order chi connectivity index (χ1) is 13.6. The zero-order chi connectivity index (χ0) is 21.3. The lowest BCUT2D eigenvalue weighted by atomic mass is 10.0. The van der Waals surface area contributed by atoms with Crippen molar-refractivity contribution in [1.82, 2.24) is 15.6 Å². The summed E-state index contributed by atoms with van der Waals surface area (Å²) in [5.74, 6) is -4.42. The molecule has 0 spiro atoms. The first-order valence-corrected chi connectivity index (χ1v) is 9.28. The van der Waals surface area contributed by atoms with Crippen LogP contribution in [0.3, 0.4) is 0 Å². The van der Waals surface area contributed by atoms with E-state index in [0.29, 0.717) is 11.1 Å². The van der Waals surface area contributed by atoms with Gasteiger partial charge in [0.15, 0.2) is 5.58 Å². The number of rotatable bonds is 6. The fraction of sp³-hybridized carbons (Fsp3) is 0.474. The quantitative estimate of drug-likeness (QED) is 0.486. The van der Waals surface area contributed by atoms with Crippen LogP contribution in [0.1, 0.15) is 33.1 Å². The van der Waals surface area contributed by atoms with E-state index in [1.54, 1.807) is 38.1 Å². The van der Waals surface area contributed by atoms with Gasteiger partial charge in [0.2, 0.25) is 11.8 Å². The molecule has 10 nitrogen and oxygen atoms in total. The first kappa shape index (κ1) is 20.7. The maximum absolute atomic E-state index is 12.5. The van der Waals surface area contributed by atoms with E-state index in [0.717, 1.165) is 0 Å². The normalized spacial score (nSPS) is 23.7. The van der Waals surface area contributed by atoms with Crippen molar-refractivity contribution in [3.63, 3.8) is 0 Å². The molecule has 0 bridgehead atoms. The number of hydrogen-bond donors (Lipinski definition) is 4. The number of esters is 1. The maximum Gasteiger partial charge on any atom is 0.311 e. The molecule has 2 heterocycles. The van der Waals surface area contributed by atoms with E-state index in [1.165, 1.54) is 6.92 Å². The van der Waals surface area contributed by atoms with Gasteiger partial charge in [0.25, 0.3) is 5.89 Å². The molecule has 1 unspecified atom stereocenters. The third kappa shape index (κ3) is 4.08. The topological polar surface area (TPSA) is 157 Å². The fourth-order valence-corrected chi connectivity index (χ4v) is 2.93. The molecular weight excluding hydrogens is 380 g/mol. The molecular formula is C19H24N4O6. The third-order valence-electron chi connectivity index (χ3n) is 4.80. The Kier molecular flexibility index (Phi) is 5.58. The lowest BCUT2D eigenvalue weighted by molar-refractivity contribution is -0.210. The highest BCUT2D eigenvalue weighted by Crippen LogP contribution is 2.35. The largest absolute Gasteiger partial charge is 0.435 e. The van der Waals surface area contributed by atoms with Crippen LogP contribution >= 0.6 is 0 Å². The minimum atomic E-state index is -2.26. The molecule has 1 aliphatic rings. The Morgan fingerprint density at radius 2 is 1.97 bits per heavy atom. The Morgan fingerprint density at radius 3 is 2.62 bits per heavy atom. The van der Waals surface area contributed by atoms with Crippen LogP contribution in [0, 0.1) is 5.92 Å². The van der Waals surface area contributed by atoms with Crippen LogP contribution in [0.5, 0.6) is 0 Å². The van der Waals surface area contributed by atoms with Crippen molar-refractivity contribution >= 4 is 28.9 Å². The molecule has 0 aliphatic carbocycles. The van der Waals surface area contributed by atoms with Gasteiger partial charge in [-0.1, -0.05) is 26.0 Å². The predicted octanol–water partition coefficient (Wildman–Crippen LogP) is -0.107. The summed E-state index contributed by atoms with van der Waals surface area (Å²) in [5, 5.41) is 16.0. The smallest absolute Gasteiger partial charge is 0.311 e.